The maximum atomic E-state index is 6.00. The Hall–Kier alpha value is -0.740. The Morgan fingerprint density at radius 1 is 1.10 bits per heavy atom. The molecule has 0 aliphatic rings. The van der Waals surface area contributed by atoms with Gasteiger partial charge in [-0.1, -0.05) is 46.1 Å². The molecule has 0 bridgehead atoms. The second-order valence-corrected chi connectivity index (χ2v) is 6.42. The van der Waals surface area contributed by atoms with Crippen LogP contribution in [0.5, 0.6) is 11.5 Å². The van der Waals surface area contributed by atoms with Crippen molar-refractivity contribution in [2.75, 3.05) is 6.54 Å². The molecule has 0 aliphatic carbocycles. The minimum Gasteiger partial charge on any atom is -0.457 e. The van der Waals surface area contributed by atoms with Crippen molar-refractivity contribution >= 4 is 39.1 Å². The molecule has 2 rings (SSSR count). The van der Waals surface area contributed by atoms with E-state index in [4.69, 9.17) is 27.9 Å². The van der Waals surface area contributed by atoms with E-state index in [1.807, 2.05) is 18.2 Å². The number of halogens is 3. The monoisotopic (exact) mass is 387 g/mol. The van der Waals surface area contributed by atoms with E-state index in [1.54, 1.807) is 18.2 Å². The van der Waals surface area contributed by atoms with Crippen molar-refractivity contribution in [3.63, 3.8) is 0 Å². The first-order chi connectivity index (χ1) is 10.1. The lowest BCUT2D eigenvalue weighted by molar-refractivity contribution is 0.472. The Kier molecular flexibility index (Phi) is 6.37. The van der Waals surface area contributed by atoms with Crippen LogP contribution >= 0.6 is 39.1 Å². The molecule has 2 aromatic carbocycles. The Morgan fingerprint density at radius 2 is 1.81 bits per heavy atom. The van der Waals surface area contributed by atoms with Crippen LogP contribution in [0.25, 0.3) is 0 Å². The summed E-state index contributed by atoms with van der Waals surface area (Å²) in [6, 6.07) is 11.1. The van der Waals surface area contributed by atoms with Gasteiger partial charge in [-0.15, -0.1) is 0 Å². The summed E-state index contributed by atoms with van der Waals surface area (Å²) in [5, 5.41) is 4.49. The summed E-state index contributed by atoms with van der Waals surface area (Å²) in [4.78, 5) is 0. The van der Waals surface area contributed by atoms with Crippen LogP contribution in [0.3, 0.4) is 0 Å². The van der Waals surface area contributed by atoms with E-state index < -0.39 is 0 Å². The first kappa shape index (κ1) is 16.6. The van der Waals surface area contributed by atoms with Crippen LogP contribution in [-0.4, -0.2) is 6.54 Å². The molecule has 0 aliphatic heterocycles. The van der Waals surface area contributed by atoms with Crippen molar-refractivity contribution in [1.82, 2.24) is 5.32 Å². The molecule has 0 heterocycles. The van der Waals surface area contributed by atoms with Gasteiger partial charge in [-0.25, -0.2) is 0 Å². The number of benzene rings is 2. The molecule has 0 aromatic heterocycles. The molecule has 5 heteroatoms. The fourth-order valence-electron chi connectivity index (χ4n) is 1.90. The summed E-state index contributed by atoms with van der Waals surface area (Å²) in [7, 11) is 0. The maximum absolute atomic E-state index is 6.00. The lowest BCUT2D eigenvalue weighted by Crippen LogP contribution is -2.14. The largest absolute Gasteiger partial charge is 0.457 e. The molecule has 0 spiro atoms. The second kappa shape index (κ2) is 8.04. The van der Waals surface area contributed by atoms with E-state index in [1.165, 1.54) is 0 Å². The van der Waals surface area contributed by atoms with Gasteiger partial charge >= 0.3 is 0 Å². The van der Waals surface area contributed by atoms with Crippen LogP contribution < -0.4 is 10.1 Å². The molecule has 0 amide bonds. The zero-order valence-corrected chi connectivity index (χ0v) is 14.7. The topological polar surface area (TPSA) is 21.3 Å². The highest BCUT2D eigenvalue weighted by molar-refractivity contribution is 9.10. The van der Waals surface area contributed by atoms with Crippen molar-refractivity contribution in [3.8, 4) is 11.5 Å². The first-order valence-corrected chi connectivity index (χ1v) is 8.26. The number of nitrogens with one attached hydrogen (secondary N) is 1. The molecule has 21 heavy (non-hydrogen) atoms. The summed E-state index contributed by atoms with van der Waals surface area (Å²) in [6.45, 7) is 3.85. The Morgan fingerprint density at radius 3 is 2.48 bits per heavy atom. The minimum absolute atomic E-state index is 0.556. The van der Waals surface area contributed by atoms with Crippen molar-refractivity contribution in [2.45, 2.75) is 19.9 Å². The highest BCUT2D eigenvalue weighted by atomic mass is 79.9. The lowest BCUT2D eigenvalue weighted by atomic mass is 10.2. The van der Waals surface area contributed by atoms with Crippen LogP contribution in [0.2, 0.25) is 10.0 Å². The average Bonchev–Trinajstić information content (AvgIpc) is 2.41. The lowest BCUT2D eigenvalue weighted by Gasteiger charge is -2.13. The van der Waals surface area contributed by atoms with Gasteiger partial charge in [-0.2, -0.15) is 0 Å². The molecule has 2 aromatic rings. The number of rotatable bonds is 6. The van der Waals surface area contributed by atoms with E-state index >= 15 is 0 Å². The normalized spacial score (nSPS) is 10.7. The van der Waals surface area contributed by atoms with Gasteiger partial charge in [0.25, 0.3) is 0 Å². The maximum Gasteiger partial charge on any atom is 0.131 e. The molecule has 1 N–H and O–H groups in total. The molecule has 112 valence electrons. The van der Waals surface area contributed by atoms with Crippen LogP contribution in [0.1, 0.15) is 18.9 Å². The Labute approximate surface area is 143 Å². The SMILES string of the molecule is CCCNCc1cc(Br)ccc1Oc1cc(Cl)cc(Cl)c1. The predicted octanol–water partition coefficient (Wildman–Crippen LogP) is 6.05. The van der Waals surface area contributed by atoms with Crippen LogP contribution in [0.15, 0.2) is 40.9 Å². The van der Waals surface area contributed by atoms with Crippen LogP contribution in [0.4, 0.5) is 0 Å². The molecule has 2 nitrogen and oxygen atoms in total. The molecule has 0 atom stereocenters. The van der Waals surface area contributed by atoms with Gasteiger partial charge < -0.3 is 10.1 Å². The average molecular weight is 389 g/mol. The molecule has 0 unspecified atom stereocenters. The standard InChI is InChI=1S/C16H16BrCl2NO/c1-2-5-20-10-11-6-12(17)3-4-16(11)21-15-8-13(18)7-14(19)9-15/h3-4,6-9,20H,2,5,10H2,1H3. The summed E-state index contributed by atoms with van der Waals surface area (Å²) < 4.78 is 6.95. The van der Waals surface area contributed by atoms with Crippen molar-refractivity contribution in [3.05, 3.63) is 56.5 Å². The zero-order chi connectivity index (χ0) is 15.2. The van der Waals surface area contributed by atoms with Gasteiger partial charge in [0.05, 0.1) is 0 Å². The van der Waals surface area contributed by atoms with Gasteiger partial charge in [0, 0.05) is 26.6 Å². The van der Waals surface area contributed by atoms with E-state index in [9.17, 15) is 0 Å². The second-order valence-electron chi connectivity index (χ2n) is 4.64. The molecule has 0 saturated heterocycles. The minimum atomic E-state index is 0.556. The third kappa shape index (κ3) is 5.19. The molecule has 0 saturated carbocycles. The van der Waals surface area contributed by atoms with Gasteiger partial charge in [-0.05, 0) is 49.4 Å². The van der Waals surface area contributed by atoms with Gasteiger partial charge in [0.2, 0.25) is 0 Å². The quantitative estimate of drug-likeness (QED) is 0.608. The Balaban J connectivity index is 2.21. The first-order valence-electron chi connectivity index (χ1n) is 6.71. The Bertz CT molecular complexity index is 599. The van der Waals surface area contributed by atoms with E-state index in [-0.39, 0.29) is 0 Å². The van der Waals surface area contributed by atoms with E-state index in [0.29, 0.717) is 15.8 Å². The van der Waals surface area contributed by atoms with E-state index in [2.05, 4.69) is 28.2 Å². The van der Waals surface area contributed by atoms with Crippen LogP contribution in [0, 0.1) is 0 Å². The van der Waals surface area contributed by atoms with Gasteiger partial charge in [0.1, 0.15) is 11.5 Å². The third-order valence-corrected chi connectivity index (χ3v) is 3.76. The molecule has 0 fully saturated rings. The van der Waals surface area contributed by atoms with Gasteiger partial charge in [-0.3, -0.25) is 0 Å². The van der Waals surface area contributed by atoms with Gasteiger partial charge in [0.15, 0.2) is 0 Å². The summed E-state index contributed by atoms with van der Waals surface area (Å²) in [5.74, 6) is 1.42. The van der Waals surface area contributed by atoms with Crippen molar-refractivity contribution in [2.24, 2.45) is 0 Å². The smallest absolute Gasteiger partial charge is 0.131 e. The highest BCUT2D eigenvalue weighted by Gasteiger charge is 2.07. The van der Waals surface area contributed by atoms with Crippen molar-refractivity contribution < 1.29 is 4.74 Å². The molecule has 0 radical (unpaired) electrons. The summed E-state index contributed by atoms with van der Waals surface area (Å²) >= 11 is 15.5. The fourth-order valence-corrected chi connectivity index (χ4v) is 2.81. The molecular formula is C16H16BrCl2NO. The number of hydrogen-bond acceptors (Lipinski definition) is 2. The highest BCUT2D eigenvalue weighted by Crippen LogP contribution is 2.31. The number of ether oxygens (including phenoxy) is 1. The molecular weight excluding hydrogens is 373 g/mol. The fraction of sp³-hybridized carbons (Fsp3) is 0.250. The number of hydrogen-bond donors (Lipinski definition) is 1. The summed E-state index contributed by atoms with van der Waals surface area (Å²) in [6.07, 6.45) is 1.09. The summed E-state index contributed by atoms with van der Waals surface area (Å²) in [5.41, 5.74) is 1.08. The van der Waals surface area contributed by atoms with Crippen molar-refractivity contribution in [1.29, 1.82) is 0 Å². The van der Waals surface area contributed by atoms with Crippen LogP contribution in [-0.2, 0) is 6.54 Å². The zero-order valence-electron chi connectivity index (χ0n) is 11.6. The predicted molar refractivity (Wildman–Crippen MR) is 92.7 cm³/mol. The van der Waals surface area contributed by atoms with E-state index in [0.717, 1.165) is 35.3 Å². The third-order valence-electron chi connectivity index (χ3n) is 2.83.